The van der Waals surface area contributed by atoms with Gasteiger partial charge in [-0.3, -0.25) is 9.48 Å². The van der Waals surface area contributed by atoms with Crippen molar-refractivity contribution >= 4 is 18.0 Å². The number of nitrogens with zero attached hydrogens (tertiary/aromatic N) is 3. The minimum Gasteiger partial charge on any atom is -0.480 e. The van der Waals surface area contributed by atoms with Crippen LogP contribution in [-0.2, 0) is 27.3 Å². The number of aryl methyl sites for hydroxylation is 1. The van der Waals surface area contributed by atoms with E-state index in [0.717, 1.165) is 0 Å². The Morgan fingerprint density at radius 2 is 1.93 bits per heavy atom. The fraction of sp³-hybridized carbons (Fsp3) is 0.688. The number of ether oxygens (including phenoxy) is 1. The van der Waals surface area contributed by atoms with Gasteiger partial charge in [-0.05, 0) is 40.0 Å². The van der Waals surface area contributed by atoms with E-state index in [1.807, 2.05) is 0 Å². The number of alkyl carbamates (subject to hydrolysis) is 1. The summed E-state index contributed by atoms with van der Waals surface area (Å²) >= 11 is 0. The molecule has 0 bridgehead atoms. The standard InChI is InChI=1S/C16H27N5O6/c1-16(2,3)27-15(26)18-12(14(24)25)8-10-9-21(20-19-10)7-5-4-6-11(17)13(22)23/h9,11-12H,4-8,17H2,1-3H3,(H,18,26)(H,22,23)(H,24,25)/t11-,12?/m0/s1. The van der Waals surface area contributed by atoms with E-state index in [9.17, 15) is 19.5 Å². The Morgan fingerprint density at radius 3 is 2.48 bits per heavy atom. The minimum atomic E-state index is -1.21. The lowest BCUT2D eigenvalue weighted by Crippen LogP contribution is -2.44. The van der Waals surface area contributed by atoms with Gasteiger partial charge in [-0.1, -0.05) is 5.21 Å². The predicted octanol–water partition coefficient (Wildman–Crippen LogP) is 0.381. The number of nitrogens with one attached hydrogen (secondary N) is 1. The maximum atomic E-state index is 11.8. The summed E-state index contributed by atoms with van der Waals surface area (Å²) in [6, 6.07) is -2.08. The number of hydrogen-bond donors (Lipinski definition) is 4. The number of aromatic nitrogens is 3. The van der Waals surface area contributed by atoms with Crippen molar-refractivity contribution in [1.29, 1.82) is 0 Å². The van der Waals surface area contributed by atoms with Gasteiger partial charge in [0.05, 0.1) is 5.69 Å². The van der Waals surface area contributed by atoms with Gasteiger partial charge < -0.3 is 26.0 Å². The van der Waals surface area contributed by atoms with E-state index in [0.29, 0.717) is 31.5 Å². The molecule has 0 aliphatic carbocycles. The Kier molecular flexibility index (Phi) is 8.16. The summed E-state index contributed by atoms with van der Waals surface area (Å²) in [6.45, 7) is 5.53. The van der Waals surface area contributed by atoms with Gasteiger partial charge in [-0.15, -0.1) is 5.10 Å². The van der Waals surface area contributed by atoms with E-state index in [1.54, 1.807) is 27.0 Å². The maximum absolute atomic E-state index is 11.8. The quantitative estimate of drug-likeness (QED) is 0.416. The second kappa shape index (κ2) is 9.86. The molecule has 0 saturated carbocycles. The molecule has 0 aliphatic rings. The van der Waals surface area contributed by atoms with Crippen LogP contribution in [0, 0.1) is 0 Å². The molecular weight excluding hydrogens is 358 g/mol. The maximum Gasteiger partial charge on any atom is 0.408 e. The molecule has 1 rings (SSSR count). The van der Waals surface area contributed by atoms with Crippen LogP contribution in [-0.4, -0.2) is 60.9 Å². The molecule has 11 nitrogen and oxygen atoms in total. The largest absolute Gasteiger partial charge is 0.480 e. The van der Waals surface area contributed by atoms with Crippen LogP contribution in [0.3, 0.4) is 0 Å². The van der Waals surface area contributed by atoms with Crippen molar-refractivity contribution in [2.75, 3.05) is 0 Å². The smallest absolute Gasteiger partial charge is 0.408 e. The number of nitrogens with two attached hydrogens (primary N) is 1. The van der Waals surface area contributed by atoms with Crippen molar-refractivity contribution in [1.82, 2.24) is 20.3 Å². The Labute approximate surface area is 156 Å². The van der Waals surface area contributed by atoms with Crippen molar-refractivity contribution in [3.05, 3.63) is 11.9 Å². The number of unbranched alkanes of at least 4 members (excludes halogenated alkanes) is 1. The van der Waals surface area contributed by atoms with Crippen molar-refractivity contribution < 1.29 is 29.3 Å². The Bertz CT molecular complexity index is 654. The highest BCUT2D eigenvalue weighted by Gasteiger charge is 2.25. The van der Waals surface area contributed by atoms with Crippen LogP contribution in [0.5, 0.6) is 0 Å². The number of carbonyl (C=O) groups is 3. The molecule has 0 fully saturated rings. The van der Waals surface area contributed by atoms with Crippen molar-refractivity contribution in [3.63, 3.8) is 0 Å². The number of carboxylic acid groups (broad SMARTS) is 2. The van der Waals surface area contributed by atoms with Crippen LogP contribution in [0.2, 0.25) is 0 Å². The van der Waals surface area contributed by atoms with Crippen LogP contribution in [0.15, 0.2) is 6.20 Å². The van der Waals surface area contributed by atoms with Gasteiger partial charge in [0.1, 0.15) is 17.7 Å². The summed E-state index contributed by atoms with van der Waals surface area (Å²) in [4.78, 5) is 33.8. The zero-order valence-electron chi connectivity index (χ0n) is 15.7. The van der Waals surface area contributed by atoms with Crippen LogP contribution in [0.1, 0.15) is 45.7 Å². The first-order valence-corrected chi connectivity index (χ1v) is 8.57. The monoisotopic (exact) mass is 385 g/mol. The number of rotatable bonds is 10. The molecule has 1 unspecified atom stereocenters. The zero-order chi connectivity index (χ0) is 20.6. The first kappa shape index (κ1) is 22.4. The molecule has 1 aromatic rings. The molecule has 2 atom stereocenters. The average molecular weight is 385 g/mol. The third-order valence-electron chi connectivity index (χ3n) is 3.46. The summed E-state index contributed by atoms with van der Waals surface area (Å²) < 4.78 is 6.59. The summed E-state index contributed by atoms with van der Waals surface area (Å²) in [5.41, 5.74) is 5.09. The van der Waals surface area contributed by atoms with Crippen LogP contribution in [0.25, 0.3) is 0 Å². The topological polar surface area (TPSA) is 170 Å². The third-order valence-corrected chi connectivity index (χ3v) is 3.46. The Hall–Kier alpha value is -2.69. The summed E-state index contributed by atoms with van der Waals surface area (Å²) in [5, 5.41) is 28.1. The molecule has 5 N–H and O–H groups in total. The van der Waals surface area contributed by atoms with E-state index >= 15 is 0 Å². The first-order chi connectivity index (χ1) is 12.5. The summed E-state index contributed by atoms with van der Waals surface area (Å²) in [7, 11) is 0. The van der Waals surface area contributed by atoms with E-state index in [2.05, 4.69) is 15.6 Å². The second-order valence-corrected chi connectivity index (χ2v) is 7.15. The fourth-order valence-electron chi connectivity index (χ4n) is 2.16. The molecule has 0 spiro atoms. The lowest BCUT2D eigenvalue weighted by molar-refractivity contribution is -0.140. The highest BCUT2D eigenvalue weighted by molar-refractivity contribution is 5.80. The van der Waals surface area contributed by atoms with Gasteiger partial charge in [0.2, 0.25) is 0 Å². The zero-order valence-corrected chi connectivity index (χ0v) is 15.7. The van der Waals surface area contributed by atoms with Gasteiger partial charge in [-0.2, -0.15) is 0 Å². The average Bonchev–Trinajstić information content (AvgIpc) is 2.96. The van der Waals surface area contributed by atoms with E-state index in [1.165, 1.54) is 4.68 Å². The molecule has 0 aromatic carbocycles. The number of amides is 1. The van der Waals surface area contributed by atoms with Crippen molar-refractivity contribution in [2.45, 2.75) is 70.7 Å². The molecule has 1 aromatic heterocycles. The summed E-state index contributed by atoms with van der Waals surface area (Å²) in [6.07, 6.45) is 2.35. The lowest BCUT2D eigenvalue weighted by atomic mass is 10.1. The number of carboxylic acids is 2. The van der Waals surface area contributed by atoms with Gasteiger partial charge >= 0.3 is 18.0 Å². The van der Waals surface area contributed by atoms with Crippen LogP contribution >= 0.6 is 0 Å². The number of aliphatic carboxylic acids is 2. The van der Waals surface area contributed by atoms with Crippen LogP contribution in [0.4, 0.5) is 4.79 Å². The van der Waals surface area contributed by atoms with E-state index in [-0.39, 0.29) is 6.42 Å². The third kappa shape index (κ3) is 8.99. The second-order valence-electron chi connectivity index (χ2n) is 7.15. The van der Waals surface area contributed by atoms with Crippen molar-refractivity contribution in [2.24, 2.45) is 5.73 Å². The lowest BCUT2D eigenvalue weighted by Gasteiger charge is -2.21. The molecule has 0 saturated heterocycles. The molecule has 152 valence electrons. The molecule has 11 heteroatoms. The first-order valence-electron chi connectivity index (χ1n) is 8.57. The van der Waals surface area contributed by atoms with Gasteiger partial charge in [0.25, 0.3) is 0 Å². The minimum absolute atomic E-state index is 0.0432. The van der Waals surface area contributed by atoms with Crippen LogP contribution < -0.4 is 11.1 Å². The van der Waals surface area contributed by atoms with Gasteiger partial charge in [-0.25, -0.2) is 9.59 Å². The summed E-state index contributed by atoms with van der Waals surface area (Å²) in [5.74, 6) is -2.24. The Balaban J connectivity index is 2.51. The van der Waals surface area contributed by atoms with Gasteiger partial charge in [0.15, 0.2) is 0 Å². The van der Waals surface area contributed by atoms with Crippen molar-refractivity contribution in [3.8, 4) is 0 Å². The highest BCUT2D eigenvalue weighted by atomic mass is 16.6. The molecule has 1 heterocycles. The molecule has 1 amide bonds. The van der Waals surface area contributed by atoms with E-state index in [4.69, 9.17) is 15.6 Å². The SMILES string of the molecule is CC(C)(C)OC(=O)NC(Cc1cn(CCCC[C@H](N)C(=O)O)nn1)C(=O)O. The predicted molar refractivity (Wildman–Crippen MR) is 94.0 cm³/mol. The molecule has 27 heavy (non-hydrogen) atoms. The molecule has 0 radical (unpaired) electrons. The highest BCUT2D eigenvalue weighted by Crippen LogP contribution is 2.08. The fourth-order valence-corrected chi connectivity index (χ4v) is 2.16. The molecular formula is C16H27N5O6. The number of hydrogen-bond acceptors (Lipinski definition) is 7. The normalized spacial score (nSPS) is 13.6. The number of carbonyl (C=O) groups excluding carboxylic acids is 1. The molecule has 0 aliphatic heterocycles. The van der Waals surface area contributed by atoms with Gasteiger partial charge in [0, 0.05) is 19.2 Å². The van der Waals surface area contributed by atoms with E-state index < -0.39 is 35.7 Å². The Morgan fingerprint density at radius 1 is 1.26 bits per heavy atom.